The molecule has 2 nitrogen and oxygen atoms in total. The fourth-order valence-electron chi connectivity index (χ4n) is 4.81. The Labute approximate surface area is 203 Å². The largest absolute Gasteiger partial charge is 0.508 e. The second-order valence-corrected chi connectivity index (χ2v) is 10.3. The molecule has 0 aliphatic carbocycles. The number of aromatic hydroxyl groups is 2. The molecule has 0 fully saturated rings. The first-order chi connectivity index (χ1) is 16.1. The van der Waals surface area contributed by atoms with Crippen LogP contribution in [-0.2, 0) is 10.8 Å². The molecule has 4 aromatic rings. The Balaban J connectivity index is 1.64. The Kier molecular flexibility index (Phi) is 6.27. The van der Waals surface area contributed by atoms with E-state index < -0.39 is 0 Å². The summed E-state index contributed by atoms with van der Waals surface area (Å²) in [5.41, 5.74) is 5.65. The Morgan fingerprint density at radius 3 is 1.18 bits per heavy atom. The molecule has 0 radical (unpaired) electrons. The van der Waals surface area contributed by atoms with Crippen LogP contribution in [0.3, 0.4) is 0 Å². The Morgan fingerprint density at radius 2 is 0.853 bits per heavy atom. The van der Waals surface area contributed by atoms with E-state index in [0.29, 0.717) is 0 Å². The molecule has 174 valence electrons. The molecule has 0 heterocycles. The monoisotopic (exact) mass is 450 g/mol. The molecule has 4 rings (SSSR count). The predicted octanol–water partition coefficient (Wildman–Crippen LogP) is 7.90. The van der Waals surface area contributed by atoms with E-state index in [1.807, 2.05) is 67.6 Å². The smallest absolute Gasteiger partial charge is 0.119 e. The lowest BCUT2D eigenvalue weighted by atomic mass is 9.76. The van der Waals surface area contributed by atoms with E-state index in [-0.39, 0.29) is 28.2 Å². The van der Waals surface area contributed by atoms with E-state index in [2.05, 4.69) is 64.1 Å². The van der Waals surface area contributed by atoms with E-state index >= 15 is 0 Å². The van der Waals surface area contributed by atoms with Gasteiger partial charge in [-0.2, -0.15) is 0 Å². The molecule has 4 aromatic carbocycles. The average molecular weight is 451 g/mol. The Bertz CT molecular complexity index is 1170. The molecule has 2 heteroatoms. The van der Waals surface area contributed by atoms with Gasteiger partial charge in [0.2, 0.25) is 0 Å². The standard InChI is InChI=1S/C32H34O2/c1-22(27-18-16-25(20-29(27)33)31(2,3)23-12-8-6-9-13-23)28-19-17-26(21-30(28)34)32(4,5)24-14-10-7-11-15-24/h6-22,33-34H,1-5H3. The summed E-state index contributed by atoms with van der Waals surface area (Å²) >= 11 is 0. The zero-order valence-electron chi connectivity index (χ0n) is 20.7. The van der Waals surface area contributed by atoms with Crippen molar-refractivity contribution in [2.45, 2.75) is 51.4 Å². The lowest BCUT2D eigenvalue weighted by Crippen LogP contribution is -2.19. The highest BCUT2D eigenvalue weighted by molar-refractivity contribution is 5.52. The molecular formula is C32H34O2. The maximum atomic E-state index is 11.0. The highest BCUT2D eigenvalue weighted by atomic mass is 16.3. The predicted molar refractivity (Wildman–Crippen MR) is 141 cm³/mol. The SMILES string of the molecule is CC(c1ccc(C(C)(C)c2ccccc2)cc1O)c1ccc(C(C)(C)c2ccccc2)cc1O. The minimum Gasteiger partial charge on any atom is -0.508 e. The Hall–Kier alpha value is -3.52. The van der Waals surface area contributed by atoms with Gasteiger partial charge < -0.3 is 10.2 Å². The van der Waals surface area contributed by atoms with Crippen molar-refractivity contribution in [3.05, 3.63) is 130 Å². The summed E-state index contributed by atoms with van der Waals surface area (Å²) in [5, 5.41) is 22.0. The fourth-order valence-corrected chi connectivity index (χ4v) is 4.81. The van der Waals surface area contributed by atoms with Crippen LogP contribution in [0.25, 0.3) is 0 Å². The quantitative estimate of drug-likeness (QED) is 0.313. The van der Waals surface area contributed by atoms with Gasteiger partial charge in [-0.05, 0) is 34.4 Å². The van der Waals surface area contributed by atoms with Gasteiger partial charge in [0, 0.05) is 27.9 Å². The van der Waals surface area contributed by atoms with Crippen LogP contribution in [-0.4, -0.2) is 10.2 Å². The number of hydrogen-bond donors (Lipinski definition) is 2. The summed E-state index contributed by atoms with van der Waals surface area (Å²) in [6, 6.07) is 32.5. The van der Waals surface area contributed by atoms with Crippen LogP contribution in [0.1, 0.15) is 73.9 Å². The summed E-state index contributed by atoms with van der Waals surface area (Å²) < 4.78 is 0. The molecule has 0 unspecified atom stereocenters. The number of phenols is 2. The van der Waals surface area contributed by atoms with Crippen LogP contribution < -0.4 is 0 Å². The van der Waals surface area contributed by atoms with E-state index in [1.165, 1.54) is 11.1 Å². The zero-order chi connectivity index (χ0) is 24.5. The first-order valence-electron chi connectivity index (χ1n) is 11.9. The van der Waals surface area contributed by atoms with E-state index in [0.717, 1.165) is 22.3 Å². The van der Waals surface area contributed by atoms with Crippen LogP contribution in [0.15, 0.2) is 97.1 Å². The van der Waals surface area contributed by atoms with Gasteiger partial charge in [0.15, 0.2) is 0 Å². The van der Waals surface area contributed by atoms with Crippen molar-refractivity contribution in [3.8, 4) is 11.5 Å². The van der Waals surface area contributed by atoms with Crippen LogP contribution in [0.5, 0.6) is 11.5 Å². The number of hydrogen-bond acceptors (Lipinski definition) is 2. The Morgan fingerprint density at radius 1 is 0.500 bits per heavy atom. The minimum atomic E-state index is -0.229. The lowest BCUT2D eigenvalue weighted by Gasteiger charge is -2.28. The van der Waals surface area contributed by atoms with Gasteiger partial charge in [0.05, 0.1) is 0 Å². The van der Waals surface area contributed by atoms with Gasteiger partial charge in [0.25, 0.3) is 0 Å². The van der Waals surface area contributed by atoms with E-state index in [4.69, 9.17) is 0 Å². The van der Waals surface area contributed by atoms with Crippen LogP contribution in [0.4, 0.5) is 0 Å². The number of phenolic OH excluding ortho intramolecular Hbond substituents is 2. The van der Waals surface area contributed by atoms with Crippen molar-refractivity contribution < 1.29 is 10.2 Å². The molecule has 0 amide bonds. The zero-order valence-corrected chi connectivity index (χ0v) is 20.7. The molecule has 0 spiro atoms. The molecule has 0 aliphatic heterocycles. The molecule has 0 atom stereocenters. The molecule has 0 saturated carbocycles. The van der Waals surface area contributed by atoms with Crippen LogP contribution in [0.2, 0.25) is 0 Å². The molecule has 0 aromatic heterocycles. The van der Waals surface area contributed by atoms with Crippen LogP contribution >= 0.6 is 0 Å². The first-order valence-corrected chi connectivity index (χ1v) is 11.9. The summed E-state index contributed by atoms with van der Waals surface area (Å²) in [6.45, 7) is 10.7. The topological polar surface area (TPSA) is 40.5 Å². The molecule has 34 heavy (non-hydrogen) atoms. The second-order valence-electron chi connectivity index (χ2n) is 10.3. The second kappa shape index (κ2) is 9.02. The van der Waals surface area contributed by atoms with Gasteiger partial charge in [-0.1, -0.05) is 120 Å². The summed E-state index contributed by atoms with van der Waals surface area (Å²) in [5.74, 6) is 0.354. The minimum absolute atomic E-state index is 0.150. The van der Waals surface area contributed by atoms with Gasteiger partial charge in [-0.15, -0.1) is 0 Å². The normalized spacial score (nSPS) is 12.2. The first kappa shape index (κ1) is 23.6. The van der Waals surface area contributed by atoms with Crippen molar-refractivity contribution in [1.29, 1.82) is 0 Å². The van der Waals surface area contributed by atoms with Crippen molar-refractivity contribution in [2.24, 2.45) is 0 Å². The maximum Gasteiger partial charge on any atom is 0.119 e. The third-order valence-corrected chi connectivity index (χ3v) is 7.43. The highest BCUT2D eigenvalue weighted by Gasteiger charge is 2.27. The molecule has 0 bridgehead atoms. The van der Waals surface area contributed by atoms with Crippen molar-refractivity contribution in [1.82, 2.24) is 0 Å². The lowest BCUT2D eigenvalue weighted by molar-refractivity contribution is 0.453. The molecule has 0 saturated heterocycles. The van der Waals surface area contributed by atoms with E-state index in [1.54, 1.807) is 0 Å². The summed E-state index contributed by atoms with van der Waals surface area (Å²) in [7, 11) is 0. The van der Waals surface area contributed by atoms with E-state index in [9.17, 15) is 10.2 Å². The third-order valence-electron chi connectivity index (χ3n) is 7.43. The van der Waals surface area contributed by atoms with Crippen molar-refractivity contribution >= 4 is 0 Å². The number of rotatable bonds is 6. The molecule has 0 aliphatic rings. The van der Waals surface area contributed by atoms with Gasteiger partial charge in [-0.3, -0.25) is 0 Å². The van der Waals surface area contributed by atoms with Crippen molar-refractivity contribution in [2.75, 3.05) is 0 Å². The highest BCUT2D eigenvalue weighted by Crippen LogP contribution is 2.41. The molecule has 2 N–H and O–H groups in total. The van der Waals surface area contributed by atoms with Crippen LogP contribution in [0, 0.1) is 0 Å². The maximum absolute atomic E-state index is 11.0. The van der Waals surface area contributed by atoms with Crippen molar-refractivity contribution in [3.63, 3.8) is 0 Å². The van der Waals surface area contributed by atoms with Gasteiger partial charge >= 0.3 is 0 Å². The van der Waals surface area contributed by atoms with Gasteiger partial charge in [-0.25, -0.2) is 0 Å². The fraction of sp³-hybridized carbons (Fsp3) is 0.250. The molecular weight excluding hydrogens is 416 g/mol. The summed E-state index contributed by atoms with van der Waals surface area (Å²) in [4.78, 5) is 0. The average Bonchev–Trinajstić information content (AvgIpc) is 2.84. The van der Waals surface area contributed by atoms with Gasteiger partial charge in [0.1, 0.15) is 11.5 Å². The summed E-state index contributed by atoms with van der Waals surface area (Å²) in [6.07, 6.45) is 0. The third kappa shape index (κ3) is 4.33. The number of benzene rings is 4.